The first-order valence-electron chi connectivity index (χ1n) is 11.8. The lowest BCUT2D eigenvalue weighted by Gasteiger charge is -2.21. The van der Waals surface area contributed by atoms with Crippen molar-refractivity contribution in [3.63, 3.8) is 0 Å². The van der Waals surface area contributed by atoms with E-state index >= 15 is 0 Å². The molecule has 0 bridgehead atoms. The minimum Gasteiger partial charge on any atom is -0.465 e. The lowest BCUT2D eigenvalue weighted by Crippen LogP contribution is -2.39. The van der Waals surface area contributed by atoms with Crippen LogP contribution in [-0.4, -0.2) is 44.4 Å². The third-order valence-corrected chi connectivity index (χ3v) is 6.89. The number of unbranched alkanes of at least 4 members (excludes halogenated alkanes) is 9. The van der Waals surface area contributed by atoms with Crippen LogP contribution in [0.3, 0.4) is 0 Å². The number of ether oxygens (including phenoxy) is 1. The lowest BCUT2D eigenvalue weighted by atomic mass is 10.1. The number of rotatable bonds is 20. The third-order valence-electron chi connectivity index (χ3n) is 4.77. The van der Waals surface area contributed by atoms with Gasteiger partial charge in [0.25, 0.3) is 0 Å². The van der Waals surface area contributed by atoms with Crippen LogP contribution in [0.15, 0.2) is 0 Å². The maximum atomic E-state index is 12.8. The molecule has 0 saturated heterocycles. The predicted molar refractivity (Wildman–Crippen MR) is 121 cm³/mol. The van der Waals surface area contributed by atoms with E-state index in [0.717, 1.165) is 19.3 Å². The van der Waals surface area contributed by atoms with Crippen LogP contribution in [0.1, 0.15) is 91.9 Å². The molecule has 0 aliphatic rings. The Balaban J connectivity index is 4.33. The third kappa shape index (κ3) is 14.2. The number of esters is 1. The van der Waals surface area contributed by atoms with Crippen LogP contribution in [0, 0.1) is 5.92 Å². The highest BCUT2D eigenvalue weighted by Crippen LogP contribution is 2.49. The summed E-state index contributed by atoms with van der Waals surface area (Å²) in [5.74, 6) is -2.38. The smallest absolute Gasteiger partial charge is 0.332 e. The molecule has 0 radical (unpaired) electrons. The molecule has 1 atom stereocenters. The van der Waals surface area contributed by atoms with Gasteiger partial charge >= 0.3 is 13.6 Å². The minimum absolute atomic E-state index is 0.147. The Morgan fingerprint density at radius 3 is 1.73 bits per heavy atom. The van der Waals surface area contributed by atoms with Gasteiger partial charge in [0.2, 0.25) is 5.91 Å². The summed E-state index contributed by atoms with van der Waals surface area (Å²) >= 11 is 0. The monoisotopic (exact) mass is 449 g/mol. The van der Waals surface area contributed by atoms with E-state index in [1.807, 2.05) is 0 Å². The summed E-state index contributed by atoms with van der Waals surface area (Å²) in [5, 5.41) is 2.78. The zero-order chi connectivity index (χ0) is 22.7. The number of nitrogens with one attached hydrogen (secondary N) is 1. The first-order chi connectivity index (χ1) is 14.4. The molecule has 8 heteroatoms. The van der Waals surface area contributed by atoms with Gasteiger partial charge in [-0.05, 0) is 27.2 Å². The van der Waals surface area contributed by atoms with E-state index in [9.17, 15) is 14.2 Å². The van der Waals surface area contributed by atoms with Gasteiger partial charge in [-0.3, -0.25) is 14.2 Å². The Hall–Kier alpha value is -0.910. The number of hydrogen-bond donors (Lipinski definition) is 1. The number of hydrogen-bond acceptors (Lipinski definition) is 6. The van der Waals surface area contributed by atoms with Gasteiger partial charge in [-0.15, -0.1) is 0 Å². The Labute approximate surface area is 183 Å². The summed E-state index contributed by atoms with van der Waals surface area (Å²) in [6, 6.07) is 0. The molecule has 0 spiro atoms. The molecular formula is C22H44NO6P. The van der Waals surface area contributed by atoms with Gasteiger partial charge in [-0.25, -0.2) is 0 Å². The van der Waals surface area contributed by atoms with Crippen LogP contribution in [-0.2, 0) is 27.9 Å². The summed E-state index contributed by atoms with van der Waals surface area (Å²) in [6.45, 7) is 8.26. The molecule has 0 heterocycles. The van der Waals surface area contributed by atoms with Crippen molar-refractivity contribution in [1.82, 2.24) is 5.32 Å². The van der Waals surface area contributed by atoms with E-state index < -0.39 is 25.4 Å². The van der Waals surface area contributed by atoms with Crippen LogP contribution >= 0.6 is 7.60 Å². The summed E-state index contributed by atoms with van der Waals surface area (Å²) in [4.78, 5) is 24.8. The summed E-state index contributed by atoms with van der Waals surface area (Å²) in [6.07, 6.45) is 11.8. The van der Waals surface area contributed by atoms with Crippen LogP contribution < -0.4 is 5.32 Å². The Bertz CT molecular complexity index is 490. The molecule has 0 aromatic heterocycles. The maximum Gasteiger partial charge on any atom is 0.332 e. The molecule has 178 valence electrons. The Morgan fingerprint density at radius 2 is 1.27 bits per heavy atom. The topological polar surface area (TPSA) is 90.9 Å². The number of amides is 1. The summed E-state index contributed by atoms with van der Waals surface area (Å²) in [5.41, 5.74) is 0. The predicted octanol–water partition coefficient (Wildman–Crippen LogP) is 5.47. The van der Waals surface area contributed by atoms with Crippen molar-refractivity contribution >= 4 is 19.5 Å². The minimum atomic E-state index is -3.54. The quantitative estimate of drug-likeness (QED) is 0.115. The highest BCUT2D eigenvalue weighted by atomic mass is 31.2. The highest BCUT2D eigenvalue weighted by molar-refractivity contribution is 7.53. The van der Waals surface area contributed by atoms with E-state index in [2.05, 4.69) is 12.2 Å². The second-order valence-electron chi connectivity index (χ2n) is 7.41. The lowest BCUT2D eigenvalue weighted by molar-refractivity contribution is -0.151. The molecule has 0 aromatic carbocycles. The zero-order valence-corrected chi connectivity index (χ0v) is 20.5. The van der Waals surface area contributed by atoms with Gasteiger partial charge in [0.1, 0.15) is 5.92 Å². The standard InChI is InChI=1S/C22H44NO6P/c1-5-9-10-11-12-13-14-15-16-17-18-23-21(24)20(22(25)27-6-2)19-30(26,28-7-3)29-8-4/h20H,5-19H2,1-4H3,(H,23,24). The molecule has 0 fully saturated rings. The van der Waals surface area contributed by atoms with Crippen LogP contribution in [0.4, 0.5) is 0 Å². The van der Waals surface area contributed by atoms with E-state index in [-0.39, 0.29) is 26.0 Å². The molecule has 0 rings (SSSR count). The SMILES string of the molecule is CCCCCCCCCCCCNC(=O)C(CP(=O)(OCC)OCC)C(=O)OCC. The van der Waals surface area contributed by atoms with Gasteiger partial charge in [-0.2, -0.15) is 0 Å². The van der Waals surface area contributed by atoms with Crippen LogP contribution in [0.2, 0.25) is 0 Å². The van der Waals surface area contributed by atoms with E-state index in [1.165, 1.54) is 44.9 Å². The molecule has 7 nitrogen and oxygen atoms in total. The normalized spacial score (nSPS) is 12.5. The first kappa shape index (κ1) is 29.1. The second kappa shape index (κ2) is 18.8. The van der Waals surface area contributed by atoms with Crippen molar-refractivity contribution in [2.75, 3.05) is 32.5 Å². The van der Waals surface area contributed by atoms with E-state index in [1.54, 1.807) is 20.8 Å². The summed E-state index contributed by atoms with van der Waals surface area (Å²) < 4.78 is 28.2. The molecule has 1 unspecified atom stereocenters. The van der Waals surface area contributed by atoms with Crippen molar-refractivity contribution in [3.05, 3.63) is 0 Å². The average molecular weight is 450 g/mol. The van der Waals surface area contributed by atoms with Crippen LogP contribution in [0.25, 0.3) is 0 Å². The first-order valence-corrected chi connectivity index (χ1v) is 13.5. The average Bonchev–Trinajstić information content (AvgIpc) is 2.70. The molecule has 30 heavy (non-hydrogen) atoms. The fraction of sp³-hybridized carbons (Fsp3) is 0.909. The largest absolute Gasteiger partial charge is 0.465 e. The van der Waals surface area contributed by atoms with Gasteiger partial charge in [0, 0.05) is 6.54 Å². The Kier molecular flexibility index (Phi) is 18.3. The number of carbonyl (C=O) groups excluding carboxylic acids is 2. The zero-order valence-electron chi connectivity index (χ0n) is 19.6. The fourth-order valence-corrected chi connectivity index (χ4v) is 5.05. The van der Waals surface area contributed by atoms with Crippen molar-refractivity contribution in [1.29, 1.82) is 0 Å². The molecule has 0 aliphatic carbocycles. The van der Waals surface area contributed by atoms with Gasteiger partial charge < -0.3 is 19.1 Å². The van der Waals surface area contributed by atoms with Crippen molar-refractivity contribution in [2.24, 2.45) is 5.92 Å². The molecular weight excluding hydrogens is 405 g/mol. The van der Waals surface area contributed by atoms with E-state index in [4.69, 9.17) is 13.8 Å². The Morgan fingerprint density at radius 1 is 0.767 bits per heavy atom. The molecule has 1 amide bonds. The van der Waals surface area contributed by atoms with Crippen LogP contribution in [0.5, 0.6) is 0 Å². The van der Waals surface area contributed by atoms with Crippen molar-refractivity contribution in [3.8, 4) is 0 Å². The number of carbonyl (C=O) groups is 2. The van der Waals surface area contributed by atoms with Gasteiger partial charge in [0.15, 0.2) is 0 Å². The molecule has 0 aliphatic heterocycles. The molecule has 1 N–H and O–H groups in total. The van der Waals surface area contributed by atoms with Crippen molar-refractivity contribution < 1.29 is 27.9 Å². The molecule has 0 aromatic rings. The highest BCUT2D eigenvalue weighted by Gasteiger charge is 2.37. The van der Waals surface area contributed by atoms with Gasteiger partial charge in [-0.1, -0.05) is 64.7 Å². The molecule has 0 saturated carbocycles. The maximum absolute atomic E-state index is 12.8. The summed E-state index contributed by atoms with van der Waals surface area (Å²) in [7, 11) is -3.54. The fourth-order valence-electron chi connectivity index (χ4n) is 3.21. The van der Waals surface area contributed by atoms with Gasteiger partial charge in [0.05, 0.1) is 26.0 Å². The second-order valence-corrected chi connectivity index (χ2v) is 9.51. The van der Waals surface area contributed by atoms with E-state index in [0.29, 0.717) is 6.54 Å². The van der Waals surface area contributed by atoms with Crippen molar-refractivity contribution in [2.45, 2.75) is 91.9 Å².